The third kappa shape index (κ3) is 4.32. The largest absolute Gasteiger partial charge is 0.372 e. The van der Waals surface area contributed by atoms with E-state index >= 15 is 0 Å². The molecule has 8 heteroatoms. The molecule has 2 atom stereocenters. The third-order valence-electron chi connectivity index (χ3n) is 5.01. The monoisotopic (exact) mass is 409 g/mol. The Morgan fingerprint density at radius 1 is 1.19 bits per heavy atom. The SMILES string of the molecule is CCCC(=O)N=C1S[C@@H]2CS(=O)(=O)C[C@@H]2N1c1ccc(N(CC)CC)cc1. The Hall–Kier alpha value is -1.54. The number of sulfone groups is 1. The number of nitrogens with zero attached hydrogens (tertiary/aromatic N) is 3. The van der Waals surface area contributed by atoms with Gasteiger partial charge in [-0.3, -0.25) is 4.79 Å². The summed E-state index contributed by atoms with van der Waals surface area (Å²) in [4.78, 5) is 20.6. The number of hydrogen-bond donors (Lipinski definition) is 0. The number of carbonyl (C=O) groups is 1. The van der Waals surface area contributed by atoms with Crippen molar-refractivity contribution in [2.24, 2.45) is 4.99 Å². The Bertz CT molecular complexity index is 817. The number of hydrogen-bond acceptors (Lipinski definition) is 5. The molecule has 0 saturated carbocycles. The van der Waals surface area contributed by atoms with Gasteiger partial charge >= 0.3 is 0 Å². The lowest BCUT2D eigenvalue weighted by Crippen LogP contribution is -2.37. The van der Waals surface area contributed by atoms with Gasteiger partial charge in [0, 0.05) is 36.1 Å². The van der Waals surface area contributed by atoms with Crippen molar-refractivity contribution < 1.29 is 13.2 Å². The van der Waals surface area contributed by atoms with Crippen LogP contribution in [0.15, 0.2) is 29.3 Å². The average molecular weight is 410 g/mol. The van der Waals surface area contributed by atoms with E-state index < -0.39 is 9.84 Å². The first-order valence-electron chi connectivity index (χ1n) is 9.51. The minimum absolute atomic E-state index is 0.0642. The predicted molar refractivity (Wildman–Crippen MR) is 114 cm³/mol. The Kier molecular flexibility index (Phi) is 6.15. The van der Waals surface area contributed by atoms with Crippen molar-refractivity contribution >= 4 is 44.0 Å². The number of thioether (sulfide) groups is 1. The summed E-state index contributed by atoms with van der Waals surface area (Å²) >= 11 is 1.43. The summed E-state index contributed by atoms with van der Waals surface area (Å²) < 4.78 is 24.2. The molecule has 2 fully saturated rings. The van der Waals surface area contributed by atoms with Crippen LogP contribution in [-0.4, -0.2) is 55.4 Å². The van der Waals surface area contributed by atoms with Crippen LogP contribution < -0.4 is 9.80 Å². The summed E-state index contributed by atoms with van der Waals surface area (Å²) in [6.07, 6.45) is 1.16. The molecular weight excluding hydrogens is 382 g/mol. The number of anilines is 2. The van der Waals surface area contributed by atoms with Gasteiger partial charge in [-0.05, 0) is 44.5 Å². The van der Waals surface area contributed by atoms with Crippen LogP contribution in [0.4, 0.5) is 11.4 Å². The van der Waals surface area contributed by atoms with Crippen molar-refractivity contribution in [1.29, 1.82) is 0 Å². The summed E-state index contributed by atoms with van der Waals surface area (Å²) in [5.41, 5.74) is 2.03. The van der Waals surface area contributed by atoms with Gasteiger partial charge in [0.15, 0.2) is 15.0 Å². The second-order valence-electron chi connectivity index (χ2n) is 6.90. The van der Waals surface area contributed by atoms with E-state index in [0.29, 0.717) is 11.6 Å². The summed E-state index contributed by atoms with van der Waals surface area (Å²) in [6, 6.07) is 7.94. The predicted octanol–water partition coefficient (Wildman–Crippen LogP) is 2.93. The molecule has 0 aliphatic carbocycles. The molecule has 3 rings (SSSR count). The van der Waals surface area contributed by atoms with Gasteiger partial charge in [-0.1, -0.05) is 18.7 Å². The normalized spacial score (nSPS) is 25.0. The fourth-order valence-corrected chi connectivity index (χ4v) is 7.59. The Morgan fingerprint density at radius 2 is 1.85 bits per heavy atom. The Balaban J connectivity index is 1.93. The molecule has 2 aliphatic rings. The third-order valence-corrected chi connectivity index (χ3v) is 8.22. The maximum Gasteiger partial charge on any atom is 0.248 e. The standard InChI is InChI=1S/C19H27N3O3S2/c1-4-7-18(23)20-19-22(16-12-27(24,25)13-17(16)26-19)15-10-8-14(9-11-15)21(5-2)6-3/h8-11,16-17H,4-7,12-13H2,1-3H3/t16-,17+/m0/s1. The van der Waals surface area contributed by atoms with Gasteiger partial charge in [0.2, 0.25) is 5.91 Å². The number of carbonyl (C=O) groups excluding carboxylic acids is 1. The molecule has 27 heavy (non-hydrogen) atoms. The Labute approximate surface area is 165 Å². The highest BCUT2D eigenvalue weighted by molar-refractivity contribution is 8.16. The van der Waals surface area contributed by atoms with Crippen LogP contribution in [0.5, 0.6) is 0 Å². The topological polar surface area (TPSA) is 70.0 Å². The molecule has 2 aliphatic heterocycles. The highest BCUT2D eigenvalue weighted by atomic mass is 32.2. The first kappa shape index (κ1) is 20.2. The summed E-state index contributed by atoms with van der Waals surface area (Å²) in [7, 11) is -3.05. The first-order valence-corrected chi connectivity index (χ1v) is 12.2. The van der Waals surface area contributed by atoms with E-state index in [4.69, 9.17) is 0 Å². The van der Waals surface area contributed by atoms with Gasteiger partial charge in [-0.2, -0.15) is 4.99 Å². The minimum atomic E-state index is -3.05. The zero-order valence-electron chi connectivity index (χ0n) is 16.1. The average Bonchev–Trinajstić information content (AvgIpc) is 3.07. The quantitative estimate of drug-likeness (QED) is 0.719. The van der Waals surface area contributed by atoms with E-state index in [1.165, 1.54) is 11.8 Å². The van der Waals surface area contributed by atoms with E-state index in [2.05, 4.69) is 35.9 Å². The van der Waals surface area contributed by atoms with E-state index in [9.17, 15) is 13.2 Å². The number of fused-ring (bicyclic) bond motifs is 1. The summed E-state index contributed by atoms with van der Waals surface area (Å²) in [5, 5.41) is 0.569. The molecule has 0 radical (unpaired) electrons. The van der Waals surface area contributed by atoms with Crippen molar-refractivity contribution in [2.45, 2.75) is 44.9 Å². The van der Waals surface area contributed by atoms with E-state index in [1.54, 1.807) is 0 Å². The lowest BCUT2D eigenvalue weighted by Gasteiger charge is -2.26. The molecule has 1 amide bonds. The van der Waals surface area contributed by atoms with Gasteiger partial charge in [-0.15, -0.1) is 0 Å². The molecule has 1 aromatic rings. The van der Waals surface area contributed by atoms with Crippen molar-refractivity contribution in [3.05, 3.63) is 24.3 Å². The minimum Gasteiger partial charge on any atom is -0.372 e. The number of amides is 1. The lowest BCUT2D eigenvalue weighted by atomic mass is 10.2. The number of aliphatic imine (C=N–C) groups is 1. The van der Waals surface area contributed by atoms with Gasteiger partial charge in [0.25, 0.3) is 0 Å². The molecule has 2 heterocycles. The first-order chi connectivity index (χ1) is 12.9. The molecule has 1 aromatic carbocycles. The molecule has 0 unspecified atom stereocenters. The van der Waals surface area contributed by atoms with Gasteiger partial charge in [0.1, 0.15) is 0 Å². The zero-order valence-corrected chi connectivity index (χ0v) is 17.7. The molecule has 0 bridgehead atoms. The Morgan fingerprint density at radius 3 is 2.44 bits per heavy atom. The van der Waals surface area contributed by atoms with E-state index in [1.807, 2.05) is 24.0 Å². The maximum atomic E-state index is 12.1. The second kappa shape index (κ2) is 8.22. The van der Waals surface area contributed by atoms with Crippen LogP contribution in [0.2, 0.25) is 0 Å². The maximum absolute atomic E-state index is 12.1. The van der Waals surface area contributed by atoms with Gasteiger partial charge < -0.3 is 9.80 Å². The molecular formula is C19H27N3O3S2. The second-order valence-corrected chi connectivity index (χ2v) is 10.3. The number of amidine groups is 1. The van der Waals surface area contributed by atoms with Gasteiger partial charge in [0.05, 0.1) is 17.5 Å². The fraction of sp³-hybridized carbons (Fsp3) is 0.579. The zero-order chi connectivity index (χ0) is 19.6. The molecule has 2 saturated heterocycles. The lowest BCUT2D eigenvalue weighted by molar-refractivity contribution is -0.117. The molecule has 0 aromatic heterocycles. The van der Waals surface area contributed by atoms with Crippen LogP contribution in [0, 0.1) is 0 Å². The number of rotatable bonds is 6. The van der Waals surface area contributed by atoms with Gasteiger partial charge in [-0.25, -0.2) is 8.42 Å². The van der Waals surface area contributed by atoms with Crippen LogP contribution in [-0.2, 0) is 14.6 Å². The van der Waals surface area contributed by atoms with Crippen LogP contribution in [0.3, 0.4) is 0 Å². The molecule has 148 valence electrons. The molecule has 0 N–H and O–H groups in total. The summed E-state index contributed by atoms with van der Waals surface area (Å²) in [6.45, 7) is 8.04. The molecule has 0 spiro atoms. The van der Waals surface area contributed by atoms with Crippen molar-refractivity contribution in [3.63, 3.8) is 0 Å². The van der Waals surface area contributed by atoms with E-state index in [0.717, 1.165) is 30.9 Å². The van der Waals surface area contributed by atoms with Crippen molar-refractivity contribution in [1.82, 2.24) is 0 Å². The highest BCUT2D eigenvalue weighted by Gasteiger charge is 2.49. The van der Waals surface area contributed by atoms with Crippen LogP contribution in [0.25, 0.3) is 0 Å². The highest BCUT2D eigenvalue weighted by Crippen LogP contribution is 2.41. The van der Waals surface area contributed by atoms with Crippen LogP contribution >= 0.6 is 11.8 Å². The van der Waals surface area contributed by atoms with Crippen molar-refractivity contribution in [3.8, 4) is 0 Å². The van der Waals surface area contributed by atoms with E-state index in [-0.39, 0.29) is 28.7 Å². The smallest absolute Gasteiger partial charge is 0.248 e. The van der Waals surface area contributed by atoms with Crippen molar-refractivity contribution in [2.75, 3.05) is 34.4 Å². The number of benzene rings is 1. The fourth-order valence-electron chi connectivity index (χ4n) is 3.66. The van der Waals surface area contributed by atoms with Crippen LogP contribution in [0.1, 0.15) is 33.6 Å². The summed E-state index contributed by atoms with van der Waals surface area (Å²) in [5.74, 6) is 0.119. The molecule has 6 nitrogen and oxygen atoms in total.